The smallest absolute Gasteiger partial charge is 0.253 e. The molecule has 0 aromatic heterocycles. The van der Waals surface area contributed by atoms with Crippen LogP contribution in [0.2, 0.25) is 0 Å². The van der Waals surface area contributed by atoms with Crippen molar-refractivity contribution in [2.75, 3.05) is 12.3 Å². The lowest BCUT2D eigenvalue weighted by atomic mass is 9.87. The van der Waals surface area contributed by atoms with Crippen LogP contribution in [0.25, 0.3) is 0 Å². The monoisotopic (exact) mass is 310 g/mol. The maximum atomic E-state index is 12.4. The number of aromatic hydroxyl groups is 1. The van der Waals surface area contributed by atoms with Crippen LogP contribution in [-0.2, 0) is 5.41 Å². The molecule has 4 heteroatoms. The zero-order valence-electron chi connectivity index (χ0n) is 13.5. The van der Waals surface area contributed by atoms with Gasteiger partial charge in [0.1, 0.15) is 5.75 Å². The Morgan fingerprint density at radius 2 is 1.87 bits per heavy atom. The van der Waals surface area contributed by atoms with Crippen LogP contribution in [0.5, 0.6) is 5.75 Å². The summed E-state index contributed by atoms with van der Waals surface area (Å²) in [5, 5.41) is 12.5. The van der Waals surface area contributed by atoms with Gasteiger partial charge < -0.3 is 16.2 Å². The number of rotatable bonds is 4. The van der Waals surface area contributed by atoms with Crippen molar-refractivity contribution < 1.29 is 9.90 Å². The quantitative estimate of drug-likeness (QED) is 0.600. The van der Waals surface area contributed by atoms with Crippen molar-refractivity contribution in [2.45, 2.75) is 25.7 Å². The molecule has 0 spiro atoms. The molecule has 4 N–H and O–H groups in total. The fourth-order valence-electron chi connectivity index (χ4n) is 3.43. The molecule has 1 unspecified atom stereocenters. The van der Waals surface area contributed by atoms with Gasteiger partial charge in [-0.05, 0) is 35.6 Å². The molecule has 1 saturated carbocycles. The third-order valence-electron chi connectivity index (χ3n) is 5.07. The van der Waals surface area contributed by atoms with Crippen LogP contribution in [0.3, 0.4) is 0 Å². The number of nitrogens with one attached hydrogen (secondary N) is 1. The molecule has 2 aromatic rings. The molecule has 1 aliphatic rings. The van der Waals surface area contributed by atoms with Crippen LogP contribution in [-0.4, -0.2) is 17.6 Å². The Bertz CT molecular complexity index is 740. The number of hydrogen-bond acceptors (Lipinski definition) is 3. The van der Waals surface area contributed by atoms with E-state index >= 15 is 0 Å². The highest BCUT2D eigenvalue weighted by atomic mass is 16.3. The van der Waals surface area contributed by atoms with Gasteiger partial charge in [0.05, 0.1) is 5.56 Å². The number of phenolic OH excluding ortho intramolecular Hbond substituents is 1. The lowest BCUT2D eigenvalue weighted by Crippen LogP contribution is -2.35. The maximum Gasteiger partial charge on any atom is 0.253 e. The SMILES string of the molecule is CC1(C)CC1(CNC(=O)c1cc(O)ccc1N)c1ccccc1. The molecular weight excluding hydrogens is 288 g/mol. The van der Waals surface area contributed by atoms with E-state index in [0.717, 1.165) is 6.42 Å². The van der Waals surface area contributed by atoms with Crippen LogP contribution < -0.4 is 11.1 Å². The topological polar surface area (TPSA) is 75.3 Å². The van der Waals surface area contributed by atoms with E-state index in [9.17, 15) is 9.90 Å². The minimum absolute atomic E-state index is 0.0360. The van der Waals surface area contributed by atoms with Gasteiger partial charge >= 0.3 is 0 Å². The Kier molecular flexibility index (Phi) is 3.55. The molecule has 1 aliphatic carbocycles. The summed E-state index contributed by atoms with van der Waals surface area (Å²) in [6.45, 7) is 4.99. The molecule has 1 amide bonds. The number of phenols is 1. The largest absolute Gasteiger partial charge is 0.508 e. The molecule has 0 radical (unpaired) electrons. The fourth-order valence-corrected chi connectivity index (χ4v) is 3.43. The fraction of sp³-hybridized carbons (Fsp3) is 0.316. The number of carbonyl (C=O) groups is 1. The van der Waals surface area contributed by atoms with Crippen molar-refractivity contribution in [3.8, 4) is 5.75 Å². The number of benzene rings is 2. The van der Waals surface area contributed by atoms with Crippen molar-refractivity contribution in [3.63, 3.8) is 0 Å². The molecule has 0 bridgehead atoms. The average Bonchev–Trinajstić information content (AvgIpc) is 3.11. The van der Waals surface area contributed by atoms with Crippen LogP contribution in [0.1, 0.15) is 36.2 Å². The molecule has 120 valence electrons. The van der Waals surface area contributed by atoms with Gasteiger partial charge in [-0.2, -0.15) is 0 Å². The van der Waals surface area contributed by atoms with Gasteiger partial charge in [-0.1, -0.05) is 44.2 Å². The van der Waals surface area contributed by atoms with Crippen LogP contribution in [0.15, 0.2) is 48.5 Å². The van der Waals surface area contributed by atoms with E-state index in [-0.39, 0.29) is 22.5 Å². The van der Waals surface area contributed by atoms with Crippen molar-refractivity contribution in [3.05, 3.63) is 59.7 Å². The molecule has 23 heavy (non-hydrogen) atoms. The van der Waals surface area contributed by atoms with E-state index in [1.807, 2.05) is 18.2 Å². The number of anilines is 1. The summed E-state index contributed by atoms with van der Waals surface area (Å²) in [6, 6.07) is 14.7. The summed E-state index contributed by atoms with van der Waals surface area (Å²) >= 11 is 0. The number of hydrogen-bond donors (Lipinski definition) is 3. The zero-order chi connectivity index (χ0) is 16.7. The van der Waals surface area contributed by atoms with E-state index in [0.29, 0.717) is 17.8 Å². The Morgan fingerprint density at radius 1 is 1.22 bits per heavy atom. The normalized spacial score (nSPS) is 21.7. The third kappa shape index (κ3) is 2.65. The highest BCUT2D eigenvalue weighted by Gasteiger charge is 2.61. The molecule has 0 heterocycles. The summed E-state index contributed by atoms with van der Waals surface area (Å²) in [6.07, 6.45) is 1.03. The van der Waals surface area contributed by atoms with Crippen LogP contribution >= 0.6 is 0 Å². The first-order valence-corrected chi connectivity index (χ1v) is 7.78. The highest BCUT2D eigenvalue weighted by Crippen LogP contribution is 2.63. The first-order chi connectivity index (χ1) is 10.9. The van der Waals surface area contributed by atoms with E-state index in [1.165, 1.54) is 23.8 Å². The van der Waals surface area contributed by atoms with E-state index in [1.54, 1.807) is 0 Å². The van der Waals surface area contributed by atoms with Gasteiger partial charge in [-0.15, -0.1) is 0 Å². The van der Waals surface area contributed by atoms with Gasteiger partial charge in [0.25, 0.3) is 5.91 Å². The van der Waals surface area contributed by atoms with Crippen molar-refractivity contribution in [2.24, 2.45) is 5.41 Å². The lowest BCUT2D eigenvalue weighted by molar-refractivity contribution is 0.0948. The highest BCUT2D eigenvalue weighted by molar-refractivity contribution is 5.99. The van der Waals surface area contributed by atoms with Crippen LogP contribution in [0.4, 0.5) is 5.69 Å². The summed E-state index contributed by atoms with van der Waals surface area (Å²) in [5.74, 6) is -0.217. The first kappa shape index (κ1) is 15.4. The molecular formula is C19H22N2O2. The van der Waals surface area contributed by atoms with E-state index < -0.39 is 0 Å². The molecule has 0 aliphatic heterocycles. The second kappa shape index (κ2) is 5.30. The van der Waals surface area contributed by atoms with Gasteiger partial charge in [0.2, 0.25) is 0 Å². The predicted molar refractivity (Wildman–Crippen MR) is 91.4 cm³/mol. The van der Waals surface area contributed by atoms with Gasteiger partial charge in [-0.25, -0.2) is 0 Å². The van der Waals surface area contributed by atoms with Gasteiger partial charge in [0.15, 0.2) is 0 Å². The second-order valence-electron chi connectivity index (χ2n) is 6.96. The molecule has 3 rings (SSSR count). The van der Waals surface area contributed by atoms with Gasteiger partial charge in [-0.3, -0.25) is 4.79 Å². The first-order valence-electron chi connectivity index (χ1n) is 7.78. The number of nitrogens with two attached hydrogens (primary N) is 1. The van der Waals surface area contributed by atoms with Crippen molar-refractivity contribution >= 4 is 11.6 Å². The minimum Gasteiger partial charge on any atom is -0.508 e. The van der Waals surface area contributed by atoms with Crippen molar-refractivity contribution in [1.82, 2.24) is 5.32 Å². The Balaban J connectivity index is 1.79. The standard InChI is InChI=1S/C19H22N2O2/c1-18(2)11-19(18,13-6-4-3-5-7-13)12-21-17(23)15-10-14(22)8-9-16(15)20/h3-10,22H,11-12,20H2,1-2H3,(H,21,23). The number of carbonyl (C=O) groups excluding carboxylic acids is 1. The van der Waals surface area contributed by atoms with E-state index in [4.69, 9.17) is 5.73 Å². The zero-order valence-corrected chi connectivity index (χ0v) is 13.5. The molecule has 2 aromatic carbocycles. The molecule has 1 fully saturated rings. The summed E-state index contributed by atoms with van der Waals surface area (Å²) in [4.78, 5) is 12.4. The van der Waals surface area contributed by atoms with Crippen LogP contribution in [0, 0.1) is 5.41 Å². The Hall–Kier alpha value is -2.49. The van der Waals surface area contributed by atoms with Crippen molar-refractivity contribution in [1.29, 1.82) is 0 Å². The molecule has 4 nitrogen and oxygen atoms in total. The van der Waals surface area contributed by atoms with Gasteiger partial charge in [0, 0.05) is 17.6 Å². The predicted octanol–water partition coefficient (Wildman–Crippen LogP) is 3.07. The second-order valence-corrected chi connectivity index (χ2v) is 6.96. The Labute approximate surface area is 136 Å². The summed E-state index contributed by atoms with van der Waals surface area (Å²) < 4.78 is 0. The summed E-state index contributed by atoms with van der Waals surface area (Å²) in [7, 11) is 0. The van der Waals surface area contributed by atoms with E-state index in [2.05, 4.69) is 31.3 Å². The number of amides is 1. The molecule has 1 atom stereocenters. The average molecular weight is 310 g/mol. The third-order valence-corrected chi connectivity index (χ3v) is 5.07. The number of nitrogen functional groups attached to an aromatic ring is 1. The Morgan fingerprint density at radius 3 is 2.48 bits per heavy atom. The molecule has 0 saturated heterocycles. The lowest BCUT2D eigenvalue weighted by Gasteiger charge is -2.22. The summed E-state index contributed by atoms with van der Waals surface area (Å²) in [5.41, 5.74) is 7.86. The maximum absolute atomic E-state index is 12.4. The minimum atomic E-state index is -0.253.